The minimum absolute atomic E-state index is 0.0914. The van der Waals surface area contributed by atoms with E-state index in [0.717, 1.165) is 80.4 Å². The van der Waals surface area contributed by atoms with E-state index in [4.69, 9.17) is 9.47 Å². The summed E-state index contributed by atoms with van der Waals surface area (Å²) in [6.45, 7) is 3.63. The van der Waals surface area contributed by atoms with Crippen LogP contribution in [-0.2, 0) is 26.7 Å². The molecule has 1 N–H and O–H groups in total. The summed E-state index contributed by atoms with van der Waals surface area (Å²) in [7, 11) is 5.21. The van der Waals surface area contributed by atoms with Crippen molar-refractivity contribution in [1.29, 1.82) is 5.26 Å². The molecule has 1 atom stereocenters. The van der Waals surface area contributed by atoms with Crippen LogP contribution in [0.5, 0.6) is 11.5 Å². The van der Waals surface area contributed by atoms with Crippen molar-refractivity contribution >= 4 is 55.8 Å². The molecule has 9 rings (SSSR count). The zero-order valence-electron chi connectivity index (χ0n) is 31.7. The van der Waals surface area contributed by atoms with Crippen LogP contribution in [0.2, 0.25) is 0 Å². The first-order valence-corrected chi connectivity index (χ1v) is 18.6. The third-order valence-electron chi connectivity index (χ3n) is 11.1. The quantitative estimate of drug-likeness (QED) is 0.133. The molecule has 1 aliphatic rings. The number of aryl methyl sites for hydroxylation is 4. The van der Waals surface area contributed by atoms with Crippen molar-refractivity contribution in [3.8, 4) is 17.6 Å². The van der Waals surface area contributed by atoms with Gasteiger partial charge in [-0.25, -0.2) is 14.7 Å². The Morgan fingerprint density at radius 2 is 1.62 bits per heavy atom. The molecule has 5 heterocycles. The normalized spacial score (nSPS) is 15.8. The maximum atomic E-state index is 16.3. The van der Waals surface area contributed by atoms with Crippen LogP contribution in [0, 0.1) is 18.3 Å². The number of quaternary nitrogens is 1. The number of imidazole rings is 1. The number of allylic oxidation sites excluding steroid dienone is 1. The Bertz CT molecular complexity index is 2870. The average molecular weight is 742 g/mol. The van der Waals surface area contributed by atoms with Crippen molar-refractivity contribution < 1.29 is 14.3 Å². The Hall–Kier alpha value is -7.03. The fourth-order valence-corrected chi connectivity index (χ4v) is 8.68. The van der Waals surface area contributed by atoms with Crippen LogP contribution in [0.25, 0.3) is 38.4 Å². The Morgan fingerprint density at radius 3 is 2.38 bits per heavy atom. The summed E-state index contributed by atoms with van der Waals surface area (Å²) >= 11 is 0. The lowest BCUT2D eigenvalue weighted by atomic mass is 10.0. The molecule has 11 heteroatoms. The summed E-state index contributed by atoms with van der Waals surface area (Å²) < 4.78 is 17.4. The number of carbonyl (C=O) groups is 1. The van der Waals surface area contributed by atoms with E-state index < -0.39 is 0 Å². The molecule has 11 nitrogen and oxygen atoms in total. The molecule has 0 bridgehead atoms. The molecule has 0 aliphatic carbocycles. The van der Waals surface area contributed by atoms with Crippen molar-refractivity contribution in [3.05, 3.63) is 145 Å². The van der Waals surface area contributed by atoms with E-state index in [1.54, 1.807) is 31.4 Å². The summed E-state index contributed by atoms with van der Waals surface area (Å²) in [5.74, 6) is 1.19. The SMILES string of the molecule is COc1ccc(CN2C(=O)[N+](c3c(C)[nH]c4ccccc34)(c3cn(C)c4ccccc34)C(c3cn(CCCn4ccnc4)c4ccccc34)=C2C#N)c(OC)c1. The fourth-order valence-electron chi connectivity index (χ4n) is 8.68. The number of hydrogen-bond acceptors (Lipinski definition) is 5. The second-order valence-corrected chi connectivity index (χ2v) is 14.2. The molecule has 0 radical (unpaired) electrons. The van der Waals surface area contributed by atoms with Gasteiger partial charge in [0.25, 0.3) is 0 Å². The van der Waals surface area contributed by atoms with Gasteiger partial charge in [-0.2, -0.15) is 5.26 Å². The van der Waals surface area contributed by atoms with Crippen LogP contribution < -0.4 is 14.0 Å². The van der Waals surface area contributed by atoms with Crippen molar-refractivity contribution in [3.63, 3.8) is 0 Å². The molecule has 8 aromatic rings. The number of amides is 2. The number of urea groups is 1. The number of H-pyrrole nitrogens is 1. The number of fused-ring (bicyclic) bond motifs is 3. The molecular weight excluding hydrogens is 701 g/mol. The predicted octanol–water partition coefficient (Wildman–Crippen LogP) is 9.39. The van der Waals surface area contributed by atoms with Crippen LogP contribution in [-0.4, -0.2) is 48.8 Å². The lowest BCUT2D eigenvalue weighted by molar-refractivity contribution is 0.205. The lowest BCUT2D eigenvalue weighted by Gasteiger charge is -2.32. The number of nitriles is 1. The van der Waals surface area contributed by atoms with E-state index in [1.807, 2.05) is 81.1 Å². The number of para-hydroxylation sites is 3. The van der Waals surface area contributed by atoms with E-state index in [0.29, 0.717) is 17.2 Å². The molecule has 4 aromatic heterocycles. The van der Waals surface area contributed by atoms with Gasteiger partial charge in [0.15, 0.2) is 22.8 Å². The second kappa shape index (κ2) is 13.7. The zero-order chi connectivity index (χ0) is 38.6. The average Bonchev–Trinajstić information content (AvgIpc) is 4.05. The van der Waals surface area contributed by atoms with Crippen LogP contribution in [0.3, 0.4) is 0 Å². The predicted molar refractivity (Wildman–Crippen MR) is 219 cm³/mol. The van der Waals surface area contributed by atoms with E-state index in [1.165, 1.54) is 0 Å². The molecule has 56 heavy (non-hydrogen) atoms. The highest BCUT2D eigenvalue weighted by molar-refractivity contribution is 6.21. The molecule has 2 amide bonds. The summed E-state index contributed by atoms with van der Waals surface area (Å²) in [6, 6.07) is 32.4. The summed E-state index contributed by atoms with van der Waals surface area (Å²) in [5.41, 5.74) is 7.67. The molecule has 4 aromatic carbocycles. The number of nitrogens with one attached hydrogen (secondary N) is 1. The lowest BCUT2D eigenvalue weighted by Crippen LogP contribution is -2.48. The molecule has 0 spiro atoms. The Morgan fingerprint density at radius 1 is 0.875 bits per heavy atom. The zero-order valence-corrected chi connectivity index (χ0v) is 31.7. The minimum Gasteiger partial charge on any atom is -0.497 e. The van der Waals surface area contributed by atoms with Gasteiger partial charge in [-0.1, -0.05) is 42.5 Å². The Kier molecular flexibility index (Phi) is 8.48. The summed E-state index contributed by atoms with van der Waals surface area (Å²) in [4.78, 5) is 25.8. The number of methoxy groups -OCH3 is 2. The number of hydrogen-bond donors (Lipinski definition) is 1. The van der Waals surface area contributed by atoms with Crippen molar-refractivity contribution in [2.45, 2.75) is 33.0 Å². The highest BCUT2D eigenvalue weighted by atomic mass is 16.5. The van der Waals surface area contributed by atoms with Gasteiger partial charge >= 0.3 is 6.03 Å². The number of rotatable bonds is 11. The van der Waals surface area contributed by atoms with Gasteiger partial charge in [-0.15, -0.1) is 4.48 Å². The van der Waals surface area contributed by atoms with E-state index in [2.05, 4.69) is 72.5 Å². The maximum absolute atomic E-state index is 16.3. The van der Waals surface area contributed by atoms with Gasteiger partial charge in [0.2, 0.25) is 0 Å². The van der Waals surface area contributed by atoms with E-state index >= 15 is 4.79 Å². The maximum Gasteiger partial charge on any atom is 0.440 e. The van der Waals surface area contributed by atoms with Gasteiger partial charge in [0, 0.05) is 61.3 Å². The number of benzene rings is 4. The summed E-state index contributed by atoms with van der Waals surface area (Å²) in [6.07, 6.45) is 10.6. The molecule has 1 aliphatic heterocycles. The second-order valence-electron chi connectivity index (χ2n) is 14.2. The molecule has 0 saturated carbocycles. The minimum atomic E-state index is -0.346. The van der Waals surface area contributed by atoms with Crippen LogP contribution in [0.15, 0.2) is 128 Å². The third kappa shape index (κ3) is 5.21. The smallest absolute Gasteiger partial charge is 0.440 e. The van der Waals surface area contributed by atoms with Crippen LogP contribution in [0.1, 0.15) is 23.2 Å². The standard InChI is InChI=1S/C45H41N8O3/c1-30-43(34-13-5-8-15-37(34)48-30)53(41-28-49(2)38-16-9-7-14-35(38)41)44(40(25-46)52(45(53)54)26-31-18-19-32(55-3)24-42(31)56-4)36-27-51(39-17-10-6-12-33(36)39)22-11-21-50-23-20-47-29-50/h5-10,12-20,23-24,27-29,48H,11,21-22,26H2,1-4H3/q+1. The largest absolute Gasteiger partial charge is 0.497 e. The summed E-state index contributed by atoms with van der Waals surface area (Å²) in [5, 5.41) is 14.2. The van der Waals surface area contributed by atoms with Crippen molar-refractivity contribution in [1.82, 2.24) is 33.1 Å². The molecule has 0 saturated heterocycles. The Labute approximate surface area is 324 Å². The van der Waals surface area contributed by atoms with Gasteiger partial charge in [0.05, 0.1) is 66.4 Å². The first-order chi connectivity index (χ1) is 27.4. The van der Waals surface area contributed by atoms with Crippen molar-refractivity contribution in [2.75, 3.05) is 14.2 Å². The molecule has 1 unspecified atom stereocenters. The van der Waals surface area contributed by atoms with Gasteiger partial charge in [0.1, 0.15) is 17.6 Å². The monoisotopic (exact) mass is 741 g/mol. The number of aromatic amines is 1. The first kappa shape index (κ1) is 34.7. The Balaban J connectivity index is 1.38. The fraction of sp³-hybridized carbons (Fsp3) is 0.178. The molecule has 0 fully saturated rings. The third-order valence-corrected chi connectivity index (χ3v) is 11.1. The van der Waals surface area contributed by atoms with E-state index in [-0.39, 0.29) is 22.8 Å². The number of aromatic nitrogens is 5. The molecule has 278 valence electrons. The first-order valence-electron chi connectivity index (χ1n) is 18.6. The topological polar surface area (TPSA) is 106 Å². The number of ether oxygens (including phenoxy) is 2. The highest BCUT2D eigenvalue weighted by Crippen LogP contribution is 2.57. The van der Waals surface area contributed by atoms with Crippen LogP contribution >= 0.6 is 0 Å². The van der Waals surface area contributed by atoms with Gasteiger partial charge in [-0.3, -0.25) is 0 Å². The van der Waals surface area contributed by atoms with Crippen molar-refractivity contribution in [2.24, 2.45) is 7.05 Å². The number of carbonyl (C=O) groups excluding carboxylic acids is 1. The molecular formula is C45H41N8O3+. The van der Waals surface area contributed by atoms with E-state index in [9.17, 15) is 5.26 Å². The van der Waals surface area contributed by atoms with Gasteiger partial charge in [-0.05, 0) is 55.8 Å². The van der Waals surface area contributed by atoms with Crippen LogP contribution in [0.4, 0.5) is 16.2 Å². The highest BCUT2D eigenvalue weighted by Gasteiger charge is 2.61. The number of nitrogens with zero attached hydrogens (tertiary/aromatic N) is 7. The van der Waals surface area contributed by atoms with Gasteiger partial charge < -0.3 is 28.2 Å².